The topological polar surface area (TPSA) is 34.2 Å². The van der Waals surface area contributed by atoms with E-state index in [1.54, 1.807) is 18.4 Å². The van der Waals surface area contributed by atoms with E-state index in [1.165, 1.54) is 11.3 Å². The summed E-state index contributed by atoms with van der Waals surface area (Å²) in [5.74, 6) is 0. The van der Waals surface area contributed by atoms with Gasteiger partial charge in [-0.25, -0.2) is 4.98 Å². The van der Waals surface area contributed by atoms with Crippen LogP contribution in [-0.2, 0) is 17.7 Å². The Bertz CT molecular complexity index is 275. The third kappa shape index (κ3) is 4.73. The van der Waals surface area contributed by atoms with E-state index in [1.807, 2.05) is 6.20 Å². The number of aromatic nitrogens is 1. The molecule has 0 saturated carbocycles. The summed E-state index contributed by atoms with van der Waals surface area (Å²) in [4.78, 5) is 5.69. The number of thiazole rings is 1. The van der Waals surface area contributed by atoms with Gasteiger partial charge in [-0.2, -0.15) is 0 Å². The lowest BCUT2D eigenvalue weighted by atomic mass is 10.3. The van der Waals surface area contributed by atoms with Gasteiger partial charge in [-0.1, -0.05) is 6.92 Å². The number of nitrogens with one attached hydrogen (secondary N) is 1. The van der Waals surface area contributed by atoms with Crippen LogP contribution < -0.4 is 5.32 Å². The highest BCUT2D eigenvalue weighted by Crippen LogP contribution is 2.15. The Kier molecular flexibility index (Phi) is 5.83. The van der Waals surface area contributed by atoms with Gasteiger partial charge in [0.15, 0.2) is 0 Å². The molecule has 0 bridgehead atoms. The van der Waals surface area contributed by atoms with Crippen molar-refractivity contribution in [1.82, 2.24) is 10.3 Å². The van der Waals surface area contributed by atoms with Crippen LogP contribution in [0, 0.1) is 0 Å². The first-order valence-corrected chi connectivity index (χ1v) is 6.25. The second-order valence-electron chi connectivity index (χ2n) is 3.65. The molecule has 0 amide bonds. The zero-order valence-corrected chi connectivity index (χ0v) is 10.6. The molecule has 0 aliphatic rings. The fraction of sp³-hybridized carbons (Fsp3) is 0.727. The van der Waals surface area contributed by atoms with Gasteiger partial charge >= 0.3 is 0 Å². The van der Waals surface area contributed by atoms with E-state index in [-0.39, 0.29) is 6.10 Å². The maximum absolute atomic E-state index is 5.21. The summed E-state index contributed by atoms with van der Waals surface area (Å²) >= 11 is 1.77. The molecule has 1 N–H and O–H groups in total. The fourth-order valence-electron chi connectivity index (χ4n) is 1.24. The van der Waals surface area contributed by atoms with E-state index < -0.39 is 0 Å². The van der Waals surface area contributed by atoms with Crippen LogP contribution in [0.3, 0.4) is 0 Å². The maximum atomic E-state index is 5.21. The Hall–Kier alpha value is -0.450. The molecule has 0 spiro atoms. The highest BCUT2D eigenvalue weighted by molar-refractivity contribution is 7.11. The summed E-state index contributed by atoms with van der Waals surface area (Å²) in [5, 5.41) is 4.54. The number of rotatable bonds is 7. The van der Waals surface area contributed by atoms with Gasteiger partial charge in [0.25, 0.3) is 0 Å². The van der Waals surface area contributed by atoms with Crippen LogP contribution in [0.15, 0.2) is 6.20 Å². The molecule has 0 saturated heterocycles. The van der Waals surface area contributed by atoms with E-state index in [0.717, 1.165) is 24.5 Å². The van der Waals surface area contributed by atoms with E-state index in [9.17, 15) is 0 Å². The average Bonchev–Trinajstić information content (AvgIpc) is 2.66. The molecule has 0 aromatic carbocycles. The minimum absolute atomic E-state index is 0.257. The third-order valence-electron chi connectivity index (χ3n) is 2.19. The summed E-state index contributed by atoms with van der Waals surface area (Å²) in [6.45, 7) is 6.25. The molecule has 4 heteroatoms. The predicted molar refractivity (Wildman–Crippen MR) is 64.3 cm³/mol. The van der Waals surface area contributed by atoms with Crippen LogP contribution in [0.25, 0.3) is 0 Å². The van der Waals surface area contributed by atoms with Gasteiger partial charge in [-0.3, -0.25) is 0 Å². The molecule has 1 unspecified atom stereocenters. The first-order valence-electron chi connectivity index (χ1n) is 5.43. The van der Waals surface area contributed by atoms with Crippen molar-refractivity contribution in [3.8, 4) is 0 Å². The second-order valence-corrected chi connectivity index (χ2v) is 4.85. The van der Waals surface area contributed by atoms with E-state index in [4.69, 9.17) is 4.74 Å². The maximum Gasteiger partial charge on any atom is 0.0953 e. The first-order chi connectivity index (χ1) is 7.26. The smallest absolute Gasteiger partial charge is 0.0953 e. The molecule has 0 aliphatic carbocycles. The van der Waals surface area contributed by atoms with Gasteiger partial charge in [-0.05, 0) is 19.9 Å². The average molecular weight is 228 g/mol. The first kappa shape index (κ1) is 12.6. The Balaban J connectivity index is 2.35. The van der Waals surface area contributed by atoms with Crippen molar-refractivity contribution in [3.63, 3.8) is 0 Å². The third-order valence-corrected chi connectivity index (χ3v) is 3.21. The fourth-order valence-corrected chi connectivity index (χ4v) is 2.25. The van der Waals surface area contributed by atoms with E-state index >= 15 is 0 Å². The minimum Gasteiger partial charge on any atom is -0.381 e. The Morgan fingerprint density at radius 2 is 2.40 bits per heavy atom. The van der Waals surface area contributed by atoms with E-state index in [0.29, 0.717) is 0 Å². The summed E-state index contributed by atoms with van der Waals surface area (Å²) in [5.41, 5.74) is 0. The van der Waals surface area contributed by atoms with Crippen LogP contribution >= 0.6 is 11.3 Å². The van der Waals surface area contributed by atoms with Crippen molar-refractivity contribution in [1.29, 1.82) is 0 Å². The van der Waals surface area contributed by atoms with Crippen LogP contribution in [0.4, 0.5) is 0 Å². The number of hydrogen-bond acceptors (Lipinski definition) is 4. The molecule has 0 fully saturated rings. The lowest BCUT2D eigenvalue weighted by Crippen LogP contribution is -2.12. The van der Waals surface area contributed by atoms with Crippen LogP contribution in [0.1, 0.15) is 30.2 Å². The Labute approximate surface area is 95.9 Å². The quantitative estimate of drug-likeness (QED) is 0.727. The van der Waals surface area contributed by atoms with Crippen molar-refractivity contribution >= 4 is 11.3 Å². The lowest BCUT2D eigenvalue weighted by Gasteiger charge is -2.05. The Morgan fingerprint density at radius 1 is 1.60 bits per heavy atom. The molecule has 1 aromatic heterocycles. The number of hydrogen-bond donors (Lipinski definition) is 1. The van der Waals surface area contributed by atoms with Crippen molar-refractivity contribution in [2.75, 3.05) is 13.7 Å². The number of ether oxygens (including phenoxy) is 1. The molecule has 86 valence electrons. The van der Waals surface area contributed by atoms with Gasteiger partial charge in [-0.15, -0.1) is 11.3 Å². The molecular formula is C11H20N2OS. The van der Waals surface area contributed by atoms with Gasteiger partial charge in [0.1, 0.15) is 0 Å². The van der Waals surface area contributed by atoms with Crippen LogP contribution in [0.5, 0.6) is 0 Å². The predicted octanol–water partition coefficient (Wildman–Crippen LogP) is 2.22. The standard InChI is InChI=1S/C11H20N2OS/c1-4-5-12-7-10-8-13-11(15-10)6-9(2)14-3/h8-9,12H,4-7H2,1-3H3. The zero-order chi connectivity index (χ0) is 11.1. The van der Waals surface area contributed by atoms with Gasteiger partial charge in [0.05, 0.1) is 11.1 Å². The van der Waals surface area contributed by atoms with Gasteiger partial charge in [0, 0.05) is 31.1 Å². The molecule has 1 rings (SSSR count). The molecule has 3 nitrogen and oxygen atoms in total. The highest BCUT2D eigenvalue weighted by atomic mass is 32.1. The minimum atomic E-state index is 0.257. The van der Waals surface area contributed by atoms with Crippen molar-refractivity contribution in [2.24, 2.45) is 0 Å². The van der Waals surface area contributed by atoms with Crippen molar-refractivity contribution in [2.45, 2.75) is 39.3 Å². The molecule has 1 heterocycles. The molecule has 1 aromatic rings. The molecule has 15 heavy (non-hydrogen) atoms. The summed E-state index contributed by atoms with van der Waals surface area (Å²) in [6, 6.07) is 0. The molecule has 1 atom stereocenters. The molecule has 0 aliphatic heterocycles. The zero-order valence-electron chi connectivity index (χ0n) is 9.75. The second kappa shape index (κ2) is 6.93. The normalized spacial score (nSPS) is 13.0. The SMILES string of the molecule is CCCNCc1cnc(CC(C)OC)s1. The largest absolute Gasteiger partial charge is 0.381 e. The van der Waals surface area contributed by atoms with Crippen molar-refractivity contribution in [3.05, 3.63) is 16.1 Å². The summed E-state index contributed by atoms with van der Waals surface area (Å²) in [6.07, 6.45) is 4.31. The molecule has 0 radical (unpaired) electrons. The van der Waals surface area contributed by atoms with Crippen molar-refractivity contribution < 1.29 is 4.74 Å². The number of nitrogens with zero attached hydrogens (tertiary/aromatic N) is 1. The highest BCUT2D eigenvalue weighted by Gasteiger charge is 2.06. The summed E-state index contributed by atoms with van der Waals surface area (Å²) in [7, 11) is 1.74. The van der Waals surface area contributed by atoms with Gasteiger partial charge in [0.2, 0.25) is 0 Å². The number of methoxy groups -OCH3 is 1. The lowest BCUT2D eigenvalue weighted by molar-refractivity contribution is 0.119. The van der Waals surface area contributed by atoms with E-state index in [2.05, 4.69) is 24.1 Å². The van der Waals surface area contributed by atoms with Gasteiger partial charge < -0.3 is 10.1 Å². The monoisotopic (exact) mass is 228 g/mol. The van der Waals surface area contributed by atoms with Crippen LogP contribution in [-0.4, -0.2) is 24.7 Å². The Morgan fingerprint density at radius 3 is 3.07 bits per heavy atom. The summed E-state index contributed by atoms with van der Waals surface area (Å²) < 4.78 is 5.21. The molecular weight excluding hydrogens is 208 g/mol. The van der Waals surface area contributed by atoms with Crippen LogP contribution in [0.2, 0.25) is 0 Å².